The molecule has 0 bridgehead atoms. The maximum Gasteiger partial charge on any atom is 0.182 e. The lowest BCUT2D eigenvalue weighted by Crippen LogP contribution is -1.90. The molecule has 1 aliphatic rings. The van der Waals surface area contributed by atoms with Crippen LogP contribution in [0.3, 0.4) is 0 Å². The van der Waals surface area contributed by atoms with Gasteiger partial charge in [-0.05, 0) is 55.2 Å². The van der Waals surface area contributed by atoms with Crippen LogP contribution in [0.25, 0.3) is 0 Å². The molecule has 0 radical (unpaired) electrons. The van der Waals surface area contributed by atoms with Gasteiger partial charge in [0.05, 0.1) is 0 Å². The fourth-order valence-corrected chi connectivity index (χ4v) is 3.01. The third-order valence-corrected chi connectivity index (χ3v) is 4.38. The highest BCUT2D eigenvalue weighted by Crippen LogP contribution is 2.49. The molecule has 1 rings (SSSR count). The first kappa shape index (κ1) is 15.3. The highest BCUT2D eigenvalue weighted by molar-refractivity contribution is 7.80. The van der Waals surface area contributed by atoms with E-state index in [-0.39, 0.29) is 0 Å². The third kappa shape index (κ3) is 4.84. The van der Waals surface area contributed by atoms with Gasteiger partial charge in [-0.2, -0.15) is 0 Å². The van der Waals surface area contributed by atoms with Crippen LogP contribution in [0.2, 0.25) is 0 Å². The number of halogens is 1. The first-order chi connectivity index (χ1) is 8.54. The normalized spacial score (nSPS) is 24.2. The maximum atomic E-state index is 6.15. The molecule has 0 aromatic rings. The molecular formula is C15H20ClOP. The van der Waals surface area contributed by atoms with Crippen molar-refractivity contribution in [2.75, 3.05) is 6.16 Å². The molecule has 1 saturated heterocycles. The van der Waals surface area contributed by atoms with Gasteiger partial charge in [0, 0.05) is 6.16 Å². The molecule has 1 fully saturated rings. The molecule has 3 heteroatoms. The average molecular weight is 283 g/mol. The quantitative estimate of drug-likeness (QED) is 0.465. The summed E-state index contributed by atoms with van der Waals surface area (Å²) in [4.78, 5) is 0. The topological polar surface area (TPSA) is 9.23 Å². The summed E-state index contributed by atoms with van der Waals surface area (Å²) in [6.07, 6.45) is 10.9. The van der Waals surface area contributed by atoms with Crippen molar-refractivity contribution < 1.29 is 4.52 Å². The van der Waals surface area contributed by atoms with Crippen molar-refractivity contribution in [1.82, 2.24) is 0 Å². The van der Waals surface area contributed by atoms with Gasteiger partial charge in [0.2, 0.25) is 0 Å². The molecule has 1 unspecified atom stereocenters. The summed E-state index contributed by atoms with van der Waals surface area (Å²) in [5.41, 5.74) is 3.07. The average Bonchev–Trinajstić information content (AvgIpc) is 2.46. The molecule has 0 spiro atoms. The molecule has 0 N–H and O–H groups in total. The molecule has 0 aromatic carbocycles. The Morgan fingerprint density at radius 2 is 2.22 bits per heavy atom. The zero-order chi connectivity index (χ0) is 13.5. The van der Waals surface area contributed by atoms with Crippen molar-refractivity contribution in [3.8, 4) is 0 Å². The van der Waals surface area contributed by atoms with E-state index in [1.807, 2.05) is 38.2 Å². The van der Waals surface area contributed by atoms with Gasteiger partial charge in [-0.15, -0.1) is 0 Å². The first-order valence-corrected chi connectivity index (χ1v) is 8.39. The minimum Gasteiger partial charge on any atom is -0.457 e. The molecule has 0 aliphatic carbocycles. The second kappa shape index (κ2) is 7.61. The Balaban J connectivity index is 3.01. The van der Waals surface area contributed by atoms with E-state index in [9.17, 15) is 0 Å². The lowest BCUT2D eigenvalue weighted by Gasteiger charge is -2.12. The van der Waals surface area contributed by atoms with Gasteiger partial charge in [0.15, 0.2) is 7.50 Å². The molecule has 98 valence electrons. The zero-order valence-corrected chi connectivity index (χ0v) is 12.7. The molecule has 1 heterocycles. The molecule has 1 atom stereocenters. The Morgan fingerprint density at radius 1 is 1.50 bits per heavy atom. The van der Waals surface area contributed by atoms with Crippen LogP contribution in [0.15, 0.2) is 59.9 Å². The van der Waals surface area contributed by atoms with E-state index in [1.54, 1.807) is 0 Å². The summed E-state index contributed by atoms with van der Waals surface area (Å²) in [6.45, 7) is 12.0. The van der Waals surface area contributed by atoms with Gasteiger partial charge >= 0.3 is 0 Å². The first-order valence-electron chi connectivity index (χ1n) is 6.04. The smallest absolute Gasteiger partial charge is 0.182 e. The standard InChI is InChI=1S/C15H20ClOP/c1-5-6-9-14(12(2)3)11-15-13(4)8-7-10-18(16)17-15/h5-6,9,11H,2,4,7-8,10H2,1,3H3/b6-5-,14-9-,15-11+. The number of hydrogen-bond acceptors (Lipinski definition) is 1. The van der Waals surface area contributed by atoms with Crippen molar-refractivity contribution in [2.24, 2.45) is 0 Å². The predicted molar refractivity (Wildman–Crippen MR) is 82.9 cm³/mol. The van der Waals surface area contributed by atoms with Crippen LogP contribution in [0.4, 0.5) is 0 Å². The van der Waals surface area contributed by atoms with Crippen LogP contribution in [0.1, 0.15) is 26.7 Å². The summed E-state index contributed by atoms with van der Waals surface area (Å²) in [5, 5.41) is 0. The van der Waals surface area contributed by atoms with Gasteiger partial charge in [-0.3, -0.25) is 0 Å². The van der Waals surface area contributed by atoms with Crippen LogP contribution in [-0.4, -0.2) is 6.16 Å². The van der Waals surface area contributed by atoms with E-state index in [1.165, 1.54) is 0 Å². The molecule has 1 nitrogen and oxygen atoms in total. The van der Waals surface area contributed by atoms with Crippen molar-refractivity contribution >= 4 is 18.7 Å². The predicted octanol–water partition coefficient (Wildman–Crippen LogP) is 5.87. The second-order valence-electron chi connectivity index (χ2n) is 4.28. The minimum atomic E-state index is -0.879. The zero-order valence-electron chi connectivity index (χ0n) is 11.1. The van der Waals surface area contributed by atoms with Gasteiger partial charge in [-0.1, -0.05) is 37.0 Å². The fourth-order valence-electron chi connectivity index (χ4n) is 1.54. The third-order valence-electron chi connectivity index (χ3n) is 2.61. The van der Waals surface area contributed by atoms with Crippen LogP contribution in [0, 0.1) is 0 Å². The Morgan fingerprint density at radius 3 is 2.83 bits per heavy atom. The molecule has 0 amide bonds. The van der Waals surface area contributed by atoms with Crippen molar-refractivity contribution in [1.29, 1.82) is 0 Å². The summed E-state index contributed by atoms with van der Waals surface area (Å²) in [7, 11) is -0.879. The largest absolute Gasteiger partial charge is 0.457 e. The Kier molecular flexibility index (Phi) is 6.46. The summed E-state index contributed by atoms with van der Waals surface area (Å²) in [6, 6.07) is 0. The molecular weight excluding hydrogens is 263 g/mol. The minimum absolute atomic E-state index is 0.812. The van der Waals surface area contributed by atoms with Gasteiger partial charge in [0.25, 0.3) is 0 Å². The SMILES string of the molecule is C=C(C)C(=C\C=C/C)/C=C1/OP(Cl)CCCC1=C. The number of rotatable bonds is 3. The van der Waals surface area contributed by atoms with E-state index in [0.29, 0.717) is 0 Å². The van der Waals surface area contributed by atoms with E-state index >= 15 is 0 Å². The number of hydrogen-bond donors (Lipinski definition) is 0. The Labute approximate surface area is 116 Å². The molecule has 0 aromatic heterocycles. The Hall–Kier alpha value is -0.780. The fraction of sp³-hybridized carbons (Fsp3) is 0.333. The van der Waals surface area contributed by atoms with E-state index in [2.05, 4.69) is 13.2 Å². The van der Waals surface area contributed by atoms with Crippen LogP contribution in [0.5, 0.6) is 0 Å². The maximum absolute atomic E-state index is 6.15. The molecule has 0 saturated carbocycles. The summed E-state index contributed by atoms with van der Waals surface area (Å²) < 4.78 is 5.77. The molecule has 18 heavy (non-hydrogen) atoms. The van der Waals surface area contributed by atoms with E-state index < -0.39 is 7.50 Å². The van der Waals surface area contributed by atoms with Crippen LogP contribution < -0.4 is 0 Å². The lowest BCUT2D eigenvalue weighted by molar-refractivity contribution is 0.496. The van der Waals surface area contributed by atoms with Gasteiger partial charge in [-0.25, -0.2) is 0 Å². The molecule has 1 aliphatic heterocycles. The summed E-state index contributed by atoms with van der Waals surface area (Å²) in [5.74, 6) is 0.812. The van der Waals surface area contributed by atoms with Gasteiger partial charge in [0.1, 0.15) is 5.76 Å². The van der Waals surface area contributed by atoms with E-state index in [0.717, 1.165) is 41.5 Å². The second-order valence-corrected chi connectivity index (χ2v) is 6.67. The monoisotopic (exact) mass is 282 g/mol. The van der Waals surface area contributed by atoms with Crippen molar-refractivity contribution in [3.63, 3.8) is 0 Å². The highest BCUT2D eigenvalue weighted by Gasteiger charge is 2.17. The number of allylic oxidation sites excluding steroid dienone is 7. The summed E-state index contributed by atoms with van der Waals surface area (Å²) >= 11 is 6.15. The van der Waals surface area contributed by atoms with Crippen LogP contribution >= 0.6 is 18.7 Å². The van der Waals surface area contributed by atoms with Gasteiger partial charge < -0.3 is 4.52 Å². The van der Waals surface area contributed by atoms with Crippen molar-refractivity contribution in [2.45, 2.75) is 26.7 Å². The van der Waals surface area contributed by atoms with Crippen molar-refractivity contribution in [3.05, 3.63) is 59.9 Å². The van der Waals surface area contributed by atoms with Crippen LogP contribution in [-0.2, 0) is 4.52 Å². The highest BCUT2D eigenvalue weighted by atomic mass is 35.7. The Bertz CT molecular complexity index is 418. The van der Waals surface area contributed by atoms with E-state index in [4.69, 9.17) is 15.8 Å². The lowest BCUT2D eigenvalue weighted by atomic mass is 10.0.